The molecular formula is C14H33IN4O2S. The van der Waals surface area contributed by atoms with Crippen LogP contribution in [0.5, 0.6) is 0 Å². The highest BCUT2D eigenvalue weighted by atomic mass is 127. The topological polar surface area (TPSA) is 73.8 Å². The summed E-state index contributed by atoms with van der Waals surface area (Å²) in [5.41, 5.74) is 0. The van der Waals surface area contributed by atoms with Crippen molar-refractivity contribution in [3.63, 3.8) is 0 Å². The number of halogens is 1. The molecule has 6 nitrogen and oxygen atoms in total. The number of nitrogens with zero attached hydrogens (tertiary/aromatic N) is 2. The molecule has 0 bridgehead atoms. The summed E-state index contributed by atoms with van der Waals surface area (Å²) in [6.45, 7) is 13.4. The van der Waals surface area contributed by atoms with E-state index in [2.05, 4.69) is 48.2 Å². The smallest absolute Gasteiger partial charge is 0.191 e. The van der Waals surface area contributed by atoms with Crippen molar-refractivity contribution < 1.29 is 8.42 Å². The normalized spacial score (nSPS) is 12.7. The SMILES string of the molecule is CCNC(=NCCN(C(C)C)C(C)C)NCCS(C)(=O)=O.I. The van der Waals surface area contributed by atoms with Crippen molar-refractivity contribution in [2.24, 2.45) is 4.99 Å². The maximum absolute atomic E-state index is 11.1. The van der Waals surface area contributed by atoms with Crippen LogP contribution in [0, 0.1) is 0 Å². The highest BCUT2D eigenvalue weighted by molar-refractivity contribution is 14.0. The van der Waals surface area contributed by atoms with Gasteiger partial charge >= 0.3 is 0 Å². The number of hydrogen-bond acceptors (Lipinski definition) is 4. The third-order valence-corrected chi connectivity index (χ3v) is 4.01. The highest BCUT2D eigenvalue weighted by Crippen LogP contribution is 2.03. The minimum Gasteiger partial charge on any atom is -0.357 e. The van der Waals surface area contributed by atoms with Gasteiger partial charge in [-0.1, -0.05) is 0 Å². The molecule has 0 aromatic carbocycles. The standard InChI is InChI=1S/C14H32N4O2S.HI/c1-7-15-14(17-9-11-21(6,19)20)16-8-10-18(12(2)3)13(4)5;/h12-13H,7-11H2,1-6H3,(H2,15,16,17);1H. The van der Waals surface area contributed by atoms with E-state index in [0.717, 1.165) is 13.1 Å². The van der Waals surface area contributed by atoms with E-state index in [1.165, 1.54) is 6.26 Å². The van der Waals surface area contributed by atoms with Crippen LogP contribution in [0.2, 0.25) is 0 Å². The van der Waals surface area contributed by atoms with Gasteiger partial charge in [0.15, 0.2) is 5.96 Å². The van der Waals surface area contributed by atoms with Gasteiger partial charge in [0.2, 0.25) is 0 Å². The fraction of sp³-hybridized carbons (Fsp3) is 0.929. The van der Waals surface area contributed by atoms with Crippen LogP contribution >= 0.6 is 24.0 Å². The Bertz CT molecular complexity index is 403. The Hall–Kier alpha value is -0.0900. The van der Waals surface area contributed by atoms with E-state index in [9.17, 15) is 8.42 Å². The third-order valence-electron chi connectivity index (χ3n) is 3.06. The van der Waals surface area contributed by atoms with E-state index >= 15 is 0 Å². The van der Waals surface area contributed by atoms with Crippen LogP contribution in [-0.2, 0) is 9.84 Å². The first-order valence-corrected chi connectivity index (χ1v) is 9.69. The Morgan fingerprint density at radius 2 is 1.68 bits per heavy atom. The first-order valence-electron chi connectivity index (χ1n) is 7.63. The zero-order chi connectivity index (χ0) is 16.5. The monoisotopic (exact) mass is 448 g/mol. The van der Waals surface area contributed by atoms with Crippen molar-refractivity contribution in [3.05, 3.63) is 0 Å². The number of hydrogen-bond donors (Lipinski definition) is 2. The predicted molar refractivity (Wildman–Crippen MR) is 106 cm³/mol. The third kappa shape index (κ3) is 12.5. The van der Waals surface area contributed by atoms with Crippen molar-refractivity contribution in [2.75, 3.05) is 38.2 Å². The van der Waals surface area contributed by atoms with Crippen LogP contribution < -0.4 is 10.6 Å². The second kappa shape index (κ2) is 12.3. The second-order valence-electron chi connectivity index (χ2n) is 5.74. The molecule has 0 aliphatic carbocycles. The maximum Gasteiger partial charge on any atom is 0.191 e. The fourth-order valence-electron chi connectivity index (χ4n) is 2.09. The molecule has 2 N–H and O–H groups in total. The van der Waals surface area contributed by atoms with Crippen molar-refractivity contribution in [3.8, 4) is 0 Å². The summed E-state index contributed by atoms with van der Waals surface area (Å²) in [5, 5.41) is 6.18. The molecule has 0 atom stereocenters. The summed E-state index contributed by atoms with van der Waals surface area (Å²) < 4.78 is 22.2. The van der Waals surface area contributed by atoms with Crippen molar-refractivity contribution >= 4 is 39.8 Å². The van der Waals surface area contributed by atoms with E-state index in [-0.39, 0.29) is 29.7 Å². The quantitative estimate of drug-likeness (QED) is 0.316. The average molecular weight is 448 g/mol. The van der Waals surface area contributed by atoms with Crippen LogP contribution in [-0.4, -0.2) is 69.5 Å². The lowest BCUT2D eigenvalue weighted by atomic mass is 10.2. The van der Waals surface area contributed by atoms with Gasteiger partial charge < -0.3 is 10.6 Å². The molecule has 22 heavy (non-hydrogen) atoms. The van der Waals surface area contributed by atoms with E-state index in [4.69, 9.17) is 0 Å². The molecular weight excluding hydrogens is 415 g/mol. The van der Waals surface area contributed by atoms with E-state index < -0.39 is 9.84 Å². The Balaban J connectivity index is 0. The summed E-state index contributed by atoms with van der Waals surface area (Å²) >= 11 is 0. The summed E-state index contributed by atoms with van der Waals surface area (Å²) in [5.74, 6) is 0.787. The Morgan fingerprint density at radius 3 is 2.09 bits per heavy atom. The molecule has 0 heterocycles. The molecule has 0 rings (SSSR count). The number of rotatable bonds is 9. The molecule has 0 aromatic rings. The van der Waals surface area contributed by atoms with E-state index in [0.29, 0.717) is 31.1 Å². The Morgan fingerprint density at radius 1 is 1.14 bits per heavy atom. The molecule has 0 saturated carbocycles. The minimum absolute atomic E-state index is 0. The van der Waals surface area contributed by atoms with Gasteiger partial charge in [-0.3, -0.25) is 9.89 Å². The molecule has 0 saturated heterocycles. The Kier molecular flexibility index (Phi) is 13.6. The van der Waals surface area contributed by atoms with Crippen LogP contribution in [0.25, 0.3) is 0 Å². The van der Waals surface area contributed by atoms with Gasteiger partial charge in [0.25, 0.3) is 0 Å². The molecule has 134 valence electrons. The molecule has 0 fully saturated rings. The lowest BCUT2D eigenvalue weighted by Gasteiger charge is -2.29. The average Bonchev–Trinajstić information content (AvgIpc) is 2.31. The number of nitrogens with one attached hydrogen (secondary N) is 2. The second-order valence-corrected chi connectivity index (χ2v) is 8.00. The highest BCUT2D eigenvalue weighted by Gasteiger charge is 2.12. The maximum atomic E-state index is 11.1. The molecule has 0 amide bonds. The fourth-order valence-corrected chi connectivity index (χ4v) is 2.56. The molecule has 0 aliphatic heterocycles. The molecule has 0 aromatic heterocycles. The molecule has 0 aliphatic rings. The van der Waals surface area contributed by atoms with Gasteiger partial charge in [0, 0.05) is 38.0 Å². The lowest BCUT2D eigenvalue weighted by Crippen LogP contribution is -2.41. The summed E-state index contributed by atoms with van der Waals surface area (Å²) in [6.07, 6.45) is 1.24. The Labute approximate surface area is 153 Å². The van der Waals surface area contributed by atoms with Gasteiger partial charge in [-0.15, -0.1) is 24.0 Å². The van der Waals surface area contributed by atoms with Gasteiger partial charge in [0.1, 0.15) is 9.84 Å². The van der Waals surface area contributed by atoms with E-state index in [1.54, 1.807) is 0 Å². The van der Waals surface area contributed by atoms with Gasteiger partial charge in [0.05, 0.1) is 12.3 Å². The zero-order valence-electron chi connectivity index (χ0n) is 14.7. The first-order chi connectivity index (χ1) is 9.67. The molecule has 0 radical (unpaired) electrons. The first kappa shape index (κ1) is 24.2. The predicted octanol–water partition coefficient (Wildman–Crippen LogP) is 1.32. The van der Waals surface area contributed by atoms with Crippen molar-refractivity contribution in [1.29, 1.82) is 0 Å². The van der Waals surface area contributed by atoms with Crippen LogP contribution in [0.4, 0.5) is 0 Å². The molecule has 0 spiro atoms. The molecule has 0 unspecified atom stereocenters. The largest absolute Gasteiger partial charge is 0.357 e. The van der Waals surface area contributed by atoms with Crippen LogP contribution in [0.3, 0.4) is 0 Å². The van der Waals surface area contributed by atoms with Gasteiger partial charge in [-0.2, -0.15) is 0 Å². The summed E-state index contributed by atoms with van der Waals surface area (Å²) in [7, 11) is -2.94. The number of guanidine groups is 1. The zero-order valence-corrected chi connectivity index (χ0v) is 17.9. The summed E-state index contributed by atoms with van der Waals surface area (Å²) in [6, 6.07) is 0.974. The van der Waals surface area contributed by atoms with Crippen LogP contribution in [0.15, 0.2) is 4.99 Å². The van der Waals surface area contributed by atoms with Crippen LogP contribution in [0.1, 0.15) is 34.6 Å². The lowest BCUT2D eigenvalue weighted by molar-refractivity contribution is 0.181. The van der Waals surface area contributed by atoms with Gasteiger partial charge in [-0.05, 0) is 34.6 Å². The number of aliphatic imine (C=N–C) groups is 1. The van der Waals surface area contributed by atoms with Gasteiger partial charge in [-0.25, -0.2) is 8.42 Å². The minimum atomic E-state index is -2.94. The van der Waals surface area contributed by atoms with Crippen molar-refractivity contribution in [2.45, 2.75) is 46.7 Å². The van der Waals surface area contributed by atoms with Crippen molar-refractivity contribution in [1.82, 2.24) is 15.5 Å². The molecule has 8 heteroatoms. The number of sulfone groups is 1. The summed E-state index contributed by atoms with van der Waals surface area (Å²) in [4.78, 5) is 6.87. The van der Waals surface area contributed by atoms with E-state index in [1.807, 2.05) is 6.92 Å².